The summed E-state index contributed by atoms with van der Waals surface area (Å²) >= 11 is 1.78. The summed E-state index contributed by atoms with van der Waals surface area (Å²) in [5.74, 6) is 0.628. The zero-order valence-corrected chi connectivity index (χ0v) is 12.1. The number of nitrogens with zero attached hydrogens (tertiary/aromatic N) is 3. The molecule has 0 bridgehead atoms. The lowest BCUT2D eigenvalue weighted by atomic mass is 9.92. The molecule has 3 heterocycles. The predicted molar refractivity (Wildman–Crippen MR) is 78.3 cm³/mol. The Bertz CT molecular complexity index is 523. The largest absolute Gasteiger partial charge is 0.296 e. The van der Waals surface area contributed by atoms with Gasteiger partial charge in [0.05, 0.1) is 6.54 Å². The molecule has 0 amide bonds. The second-order valence-electron chi connectivity index (χ2n) is 5.24. The van der Waals surface area contributed by atoms with Crippen LogP contribution in [0.3, 0.4) is 0 Å². The van der Waals surface area contributed by atoms with Crippen LogP contribution in [-0.2, 0) is 6.54 Å². The zero-order chi connectivity index (χ0) is 13.1. The number of aromatic nitrogens is 2. The summed E-state index contributed by atoms with van der Waals surface area (Å²) in [6.07, 6.45) is 6.41. The fourth-order valence-electron chi connectivity index (χ4n) is 2.76. The van der Waals surface area contributed by atoms with Crippen LogP contribution >= 0.6 is 11.3 Å². The van der Waals surface area contributed by atoms with Gasteiger partial charge in [-0.15, -0.1) is 11.3 Å². The van der Waals surface area contributed by atoms with Gasteiger partial charge in [-0.2, -0.15) is 0 Å². The van der Waals surface area contributed by atoms with Crippen molar-refractivity contribution >= 4 is 11.3 Å². The minimum Gasteiger partial charge on any atom is -0.296 e. The van der Waals surface area contributed by atoms with Crippen LogP contribution < -0.4 is 0 Å². The van der Waals surface area contributed by atoms with Crippen molar-refractivity contribution in [3.63, 3.8) is 0 Å². The molecule has 3 nitrogen and oxygen atoms in total. The Kier molecular flexibility index (Phi) is 3.89. The molecule has 0 radical (unpaired) electrons. The van der Waals surface area contributed by atoms with E-state index in [4.69, 9.17) is 0 Å². The number of pyridine rings is 1. The van der Waals surface area contributed by atoms with Gasteiger partial charge in [-0.1, -0.05) is 6.07 Å². The third-order valence-electron chi connectivity index (χ3n) is 3.69. The maximum atomic E-state index is 4.57. The Morgan fingerprint density at radius 1 is 1.47 bits per heavy atom. The first-order valence-electron chi connectivity index (χ1n) is 6.84. The van der Waals surface area contributed by atoms with Crippen molar-refractivity contribution < 1.29 is 0 Å². The van der Waals surface area contributed by atoms with E-state index in [9.17, 15) is 0 Å². The van der Waals surface area contributed by atoms with Crippen molar-refractivity contribution in [3.8, 4) is 0 Å². The van der Waals surface area contributed by atoms with Crippen LogP contribution in [0.25, 0.3) is 0 Å². The minimum absolute atomic E-state index is 0.628. The van der Waals surface area contributed by atoms with Crippen molar-refractivity contribution in [2.75, 3.05) is 13.1 Å². The first kappa shape index (κ1) is 12.8. The SMILES string of the molecule is Cc1csc(CN2CCC[C@@H](c3cccnc3)C2)n1. The molecule has 19 heavy (non-hydrogen) atoms. The van der Waals surface area contributed by atoms with Gasteiger partial charge in [0.1, 0.15) is 5.01 Å². The fraction of sp³-hybridized carbons (Fsp3) is 0.467. The van der Waals surface area contributed by atoms with Gasteiger partial charge in [0.15, 0.2) is 0 Å². The Balaban J connectivity index is 1.65. The van der Waals surface area contributed by atoms with E-state index in [-0.39, 0.29) is 0 Å². The second-order valence-corrected chi connectivity index (χ2v) is 6.19. The van der Waals surface area contributed by atoms with Gasteiger partial charge < -0.3 is 0 Å². The standard InChI is InChI=1S/C15H19N3S/c1-12-11-19-15(17-12)10-18-7-3-5-14(9-18)13-4-2-6-16-8-13/h2,4,6,8,11,14H,3,5,7,9-10H2,1H3/t14-/m1/s1. The number of likely N-dealkylation sites (tertiary alicyclic amines) is 1. The predicted octanol–water partition coefficient (Wildman–Crippen LogP) is 3.23. The highest BCUT2D eigenvalue weighted by Gasteiger charge is 2.22. The summed E-state index contributed by atoms with van der Waals surface area (Å²) in [7, 11) is 0. The number of thiazole rings is 1. The molecule has 0 saturated carbocycles. The Morgan fingerprint density at radius 3 is 3.16 bits per heavy atom. The summed E-state index contributed by atoms with van der Waals surface area (Å²) in [5, 5.41) is 3.38. The van der Waals surface area contributed by atoms with Crippen molar-refractivity contribution in [2.45, 2.75) is 32.2 Å². The molecule has 0 unspecified atom stereocenters. The minimum atomic E-state index is 0.628. The van der Waals surface area contributed by atoms with Crippen LogP contribution in [0.5, 0.6) is 0 Å². The molecular formula is C15H19N3S. The van der Waals surface area contributed by atoms with Gasteiger partial charge >= 0.3 is 0 Å². The highest BCUT2D eigenvalue weighted by atomic mass is 32.1. The van der Waals surface area contributed by atoms with Crippen LogP contribution in [-0.4, -0.2) is 28.0 Å². The van der Waals surface area contributed by atoms with Gasteiger partial charge in [-0.05, 0) is 43.9 Å². The summed E-state index contributed by atoms with van der Waals surface area (Å²) in [6.45, 7) is 5.38. The number of piperidine rings is 1. The molecule has 0 aliphatic carbocycles. The molecule has 2 aromatic rings. The molecule has 1 aliphatic rings. The summed E-state index contributed by atoms with van der Waals surface area (Å²) in [5.41, 5.74) is 2.52. The molecule has 4 heteroatoms. The molecular weight excluding hydrogens is 254 g/mol. The van der Waals surface area contributed by atoms with Crippen LogP contribution in [0.1, 0.15) is 35.0 Å². The van der Waals surface area contributed by atoms with Gasteiger partial charge in [-0.3, -0.25) is 9.88 Å². The topological polar surface area (TPSA) is 29.0 Å². The number of rotatable bonds is 3. The Labute approximate surface area is 118 Å². The highest BCUT2D eigenvalue weighted by molar-refractivity contribution is 7.09. The van der Waals surface area contributed by atoms with Gasteiger partial charge in [0.2, 0.25) is 0 Å². The molecule has 0 N–H and O–H groups in total. The average Bonchev–Trinajstić information content (AvgIpc) is 2.85. The van der Waals surface area contributed by atoms with Crippen LogP contribution in [0.2, 0.25) is 0 Å². The molecule has 2 aromatic heterocycles. The highest BCUT2D eigenvalue weighted by Crippen LogP contribution is 2.27. The first-order valence-corrected chi connectivity index (χ1v) is 7.72. The molecule has 0 spiro atoms. The van der Waals surface area contributed by atoms with E-state index in [1.54, 1.807) is 11.3 Å². The van der Waals surface area contributed by atoms with E-state index in [0.29, 0.717) is 5.92 Å². The Hall–Kier alpha value is -1.26. The van der Waals surface area contributed by atoms with Crippen molar-refractivity contribution in [2.24, 2.45) is 0 Å². The molecule has 1 aliphatic heterocycles. The molecule has 1 fully saturated rings. The van der Waals surface area contributed by atoms with Crippen LogP contribution in [0.15, 0.2) is 29.9 Å². The molecule has 100 valence electrons. The first-order chi connectivity index (χ1) is 9.31. The average molecular weight is 273 g/mol. The maximum Gasteiger partial charge on any atom is 0.107 e. The zero-order valence-electron chi connectivity index (χ0n) is 11.2. The fourth-order valence-corrected chi connectivity index (χ4v) is 3.57. The summed E-state index contributed by atoms with van der Waals surface area (Å²) in [4.78, 5) is 11.3. The summed E-state index contributed by atoms with van der Waals surface area (Å²) in [6, 6.07) is 4.24. The lowest BCUT2D eigenvalue weighted by Gasteiger charge is -2.32. The van der Waals surface area contributed by atoms with Crippen LogP contribution in [0.4, 0.5) is 0 Å². The maximum absolute atomic E-state index is 4.57. The number of hydrogen-bond donors (Lipinski definition) is 0. The Morgan fingerprint density at radius 2 is 2.42 bits per heavy atom. The van der Waals surface area contributed by atoms with Gasteiger partial charge in [0.25, 0.3) is 0 Å². The third-order valence-corrected chi connectivity index (χ3v) is 4.64. The summed E-state index contributed by atoms with van der Waals surface area (Å²) < 4.78 is 0. The quantitative estimate of drug-likeness (QED) is 0.859. The normalized spacial score (nSPS) is 20.6. The van der Waals surface area contributed by atoms with Gasteiger partial charge in [0, 0.05) is 30.0 Å². The number of aryl methyl sites for hydroxylation is 1. The third kappa shape index (κ3) is 3.19. The van der Waals surface area contributed by atoms with Crippen LogP contribution in [0, 0.1) is 6.92 Å². The van der Waals surface area contributed by atoms with Crippen molar-refractivity contribution in [3.05, 3.63) is 46.2 Å². The van der Waals surface area contributed by atoms with E-state index in [2.05, 4.69) is 33.2 Å². The van der Waals surface area contributed by atoms with E-state index >= 15 is 0 Å². The monoisotopic (exact) mass is 273 g/mol. The van der Waals surface area contributed by atoms with E-state index in [0.717, 1.165) is 18.8 Å². The molecule has 1 saturated heterocycles. The van der Waals surface area contributed by atoms with E-state index in [1.165, 1.54) is 30.0 Å². The van der Waals surface area contributed by atoms with Crippen molar-refractivity contribution in [1.82, 2.24) is 14.9 Å². The lowest BCUT2D eigenvalue weighted by Crippen LogP contribution is -2.33. The van der Waals surface area contributed by atoms with E-state index < -0.39 is 0 Å². The van der Waals surface area contributed by atoms with E-state index in [1.807, 2.05) is 18.5 Å². The number of hydrogen-bond acceptors (Lipinski definition) is 4. The van der Waals surface area contributed by atoms with Crippen molar-refractivity contribution in [1.29, 1.82) is 0 Å². The van der Waals surface area contributed by atoms with Gasteiger partial charge in [-0.25, -0.2) is 4.98 Å². The molecule has 3 rings (SSSR count). The second kappa shape index (κ2) is 5.80. The smallest absolute Gasteiger partial charge is 0.107 e. The molecule has 1 atom stereocenters. The lowest BCUT2D eigenvalue weighted by molar-refractivity contribution is 0.200. The molecule has 0 aromatic carbocycles.